The second kappa shape index (κ2) is 15.1. The number of hydrogen-bond acceptors (Lipinski definition) is 10. The molecule has 3 aromatic rings. The van der Waals surface area contributed by atoms with Crippen molar-refractivity contribution in [2.75, 3.05) is 80.1 Å². The van der Waals surface area contributed by atoms with E-state index in [2.05, 4.69) is 48.5 Å². The van der Waals surface area contributed by atoms with Gasteiger partial charge in [-0.1, -0.05) is 18.7 Å². The Bertz CT molecular complexity index is 1630. The van der Waals surface area contributed by atoms with Crippen LogP contribution in [0.1, 0.15) is 30.9 Å². The van der Waals surface area contributed by atoms with Crippen molar-refractivity contribution in [3.05, 3.63) is 85.2 Å². The number of halogens is 2. The summed E-state index contributed by atoms with van der Waals surface area (Å²) in [7, 11) is 1.60. The SMILES string of the molecule is C=CCN1CCN(C2CCN(c3cc(OC)c(Nc4cc(N5OCCC5c5ccc(F)c(F)c5)ncn4)cc3NC(=O)C=C)CC2)CC1. The van der Waals surface area contributed by atoms with E-state index < -0.39 is 11.6 Å². The molecule has 0 saturated carbocycles. The van der Waals surface area contributed by atoms with Gasteiger partial charge >= 0.3 is 0 Å². The molecule has 2 N–H and O–H groups in total. The fourth-order valence-corrected chi connectivity index (χ4v) is 6.74. The van der Waals surface area contributed by atoms with Crippen molar-refractivity contribution >= 4 is 34.6 Å². The van der Waals surface area contributed by atoms with E-state index in [0.29, 0.717) is 53.4 Å². The maximum absolute atomic E-state index is 14.0. The Labute approximate surface area is 279 Å². The predicted octanol–water partition coefficient (Wildman–Crippen LogP) is 5.29. The first-order chi connectivity index (χ1) is 23.4. The quantitative estimate of drug-likeness (QED) is 0.209. The van der Waals surface area contributed by atoms with Crippen LogP contribution in [0, 0.1) is 11.6 Å². The van der Waals surface area contributed by atoms with Crippen molar-refractivity contribution < 1.29 is 23.1 Å². The van der Waals surface area contributed by atoms with Crippen molar-refractivity contribution in [3.8, 4) is 5.75 Å². The van der Waals surface area contributed by atoms with Crippen LogP contribution in [0.2, 0.25) is 0 Å². The number of hydroxylamine groups is 1. The predicted molar refractivity (Wildman–Crippen MR) is 183 cm³/mol. The third-order valence-corrected chi connectivity index (χ3v) is 9.25. The van der Waals surface area contributed by atoms with E-state index >= 15 is 0 Å². The third kappa shape index (κ3) is 7.43. The van der Waals surface area contributed by atoms with Gasteiger partial charge in [-0.25, -0.2) is 23.8 Å². The highest BCUT2D eigenvalue weighted by Crippen LogP contribution is 2.40. The van der Waals surface area contributed by atoms with E-state index in [1.165, 1.54) is 18.5 Å². The molecular weight excluding hydrogens is 618 g/mol. The number of hydrogen-bond donors (Lipinski definition) is 2. The van der Waals surface area contributed by atoms with E-state index in [1.807, 2.05) is 18.2 Å². The van der Waals surface area contributed by atoms with Crippen molar-refractivity contribution in [2.45, 2.75) is 31.3 Å². The number of piperazine rings is 1. The fraction of sp³-hybridized carbons (Fsp3) is 0.400. The number of ether oxygens (including phenoxy) is 1. The second-order valence-electron chi connectivity index (χ2n) is 12.1. The van der Waals surface area contributed by atoms with Gasteiger partial charge in [0.25, 0.3) is 0 Å². The molecule has 3 aliphatic rings. The minimum Gasteiger partial charge on any atom is -0.494 e. The summed E-state index contributed by atoms with van der Waals surface area (Å²) < 4.78 is 33.4. The number of carbonyl (C=O) groups excluding carboxylic acids is 1. The molecule has 11 nitrogen and oxygen atoms in total. The van der Waals surface area contributed by atoms with Crippen molar-refractivity contribution in [1.29, 1.82) is 0 Å². The van der Waals surface area contributed by atoms with Gasteiger partial charge in [0.1, 0.15) is 17.9 Å². The van der Waals surface area contributed by atoms with E-state index in [0.717, 1.165) is 70.4 Å². The van der Waals surface area contributed by atoms with Gasteiger partial charge in [0.15, 0.2) is 17.5 Å². The van der Waals surface area contributed by atoms with Crippen molar-refractivity contribution in [3.63, 3.8) is 0 Å². The van der Waals surface area contributed by atoms with Crippen molar-refractivity contribution in [1.82, 2.24) is 19.8 Å². The topological polar surface area (TPSA) is 98.3 Å². The summed E-state index contributed by atoms with van der Waals surface area (Å²) in [6.45, 7) is 14.8. The summed E-state index contributed by atoms with van der Waals surface area (Å²) in [5.74, 6) is -0.681. The first-order valence-electron chi connectivity index (χ1n) is 16.3. The Morgan fingerprint density at radius 2 is 1.79 bits per heavy atom. The Kier molecular flexibility index (Phi) is 10.5. The largest absolute Gasteiger partial charge is 0.494 e. The number of piperidine rings is 1. The summed E-state index contributed by atoms with van der Waals surface area (Å²) >= 11 is 0. The number of anilines is 5. The van der Waals surface area contributed by atoms with Gasteiger partial charge in [-0.05, 0) is 42.7 Å². The highest BCUT2D eigenvalue weighted by molar-refractivity contribution is 6.02. The number of nitrogens with one attached hydrogen (secondary N) is 2. The van der Waals surface area contributed by atoms with E-state index in [4.69, 9.17) is 9.57 Å². The Morgan fingerprint density at radius 1 is 1.00 bits per heavy atom. The lowest BCUT2D eigenvalue weighted by Crippen LogP contribution is -2.53. The molecule has 3 aliphatic heterocycles. The van der Waals surface area contributed by atoms with Gasteiger partial charge in [0.2, 0.25) is 5.91 Å². The molecule has 3 saturated heterocycles. The standard InChI is InChI=1S/C35H42F2N8O3/c1-4-11-42-14-16-43(17-15-42)25-8-12-44(13-9-25)31-21-32(47-3)29(20-28(31)41-35(46)5-2)40-33-22-34(39-23-38-33)45-30(10-18-48-45)24-6-7-26(36)27(37)19-24/h4-7,19-23,25,30H,1-2,8-18H2,3H3,(H,41,46)(H,38,39,40). The zero-order valence-corrected chi connectivity index (χ0v) is 27.2. The molecule has 1 unspecified atom stereocenters. The van der Waals surface area contributed by atoms with Crippen LogP contribution in [0.5, 0.6) is 5.75 Å². The fourth-order valence-electron chi connectivity index (χ4n) is 6.74. The van der Waals surface area contributed by atoms with Crippen LogP contribution in [0.15, 0.2) is 68.0 Å². The van der Waals surface area contributed by atoms with Crippen LogP contribution in [0.3, 0.4) is 0 Å². The summed E-state index contributed by atoms with van der Waals surface area (Å²) in [6.07, 6.45) is 7.22. The highest BCUT2D eigenvalue weighted by Gasteiger charge is 2.31. The Balaban J connectivity index is 1.20. The molecule has 0 radical (unpaired) electrons. The summed E-state index contributed by atoms with van der Waals surface area (Å²) in [4.78, 5) is 34.5. The zero-order valence-electron chi connectivity index (χ0n) is 27.2. The first-order valence-corrected chi connectivity index (χ1v) is 16.3. The van der Waals surface area contributed by atoms with Crippen LogP contribution in [-0.2, 0) is 9.63 Å². The maximum atomic E-state index is 14.0. The molecule has 1 amide bonds. The summed E-state index contributed by atoms with van der Waals surface area (Å²) in [5.41, 5.74) is 2.65. The Hall–Kier alpha value is -4.59. The van der Waals surface area contributed by atoms with E-state index in [1.54, 1.807) is 24.3 Å². The van der Waals surface area contributed by atoms with Crippen LogP contribution >= 0.6 is 0 Å². The number of amides is 1. The number of rotatable bonds is 11. The molecule has 254 valence electrons. The monoisotopic (exact) mass is 660 g/mol. The lowest BCUT2D eigenvalue weighted by molar-refractivity contribution is -0.111. The van der Waals surface area contributed by atoms with E-state index in [-0.39, 0.29) is 11.9 Å². The molecule has 6 rings (SSSR count). The average Bonchev–Trinajstić information content (AvgIpc) is 3.61. The third-order valence-electron chi connectivity index (χ3n) is 9.25. The number of methoxy groups -OCH3 is 1. The van der Waals surface area contributed by atoms with Crippen LogP contribution in [0.4, 0.5) is 37.5 Å². The van der Waals surface area contributed by atoms with Gasteiger partial charge in [-0.15, -0.1) is 6.58 Å². The molecule has 3 fully saturated rings. The van der Waals surface area contributed by atoms with Crippen LogP contribution in [0.25, 0.3) is 0 Å². The molecule has 13 heteroatoms. The van der Waals surface area contributed by atoms with Crippen LogP contribution in [-0.4, -0.2) is 91.2 Å². The smallest absolute Gasteiger partial charge is 0.247 e. The van der Waals surface area contributed by atoms with Gasteiger partial charge in [-0.2, -0.15) is 0 Å². The summed E-state index contributed by atoms with van der Waals surface area (Å²) in [5, 5.41) is 7.86. The van der Waals surface area contributed by atoms with Gasteiger partial charge in [0.05, 0.1) is 36.8 Å². The Morgan fingerprint density at radius 3 is 2.50 bits per heavy atom. The zero-order chi connectivity index (χ0) is 33.6. The lowest BCUT2D eigenvalue weighted by Gasteiger charge is -2.43. The molecule has 48 heavy (non-hydrogen) atoms. The molecule has 1 atom stereocenters. The minimum absolute atomic E-state index is 0.321. The molecule has 4 heterocycles. The lowest BCUT2D eigenvalue weighted by atomic mass is 10.0. The number of carbonyl (C=O) groups is 1. The highest BCUT2D eigenvalue weighted by atomic mass is 19.2. The first kappa shape index (κ1) is 33.3. The van der Waals surface area contributed by atoms with Crippen LogP contribution < -0.4 is 25.3 Å². The molecule has 0 aliphatic carbocycles. The normalized spacial score (nSPS) is 19.3. The molecule has 1 aromatic heterocycles. The van der Waals surface area contributed by atoms with Crippen molar-refractivity contribution in [2.24, 2.45) is 0 Å². The summed E-state index contributed by atoms with van der Waals surface area (Å²) in [6, 6.07) is 9.47. The van der Waals surface area contributed by atoms with Gasteiger partial charge in [0, 0.05) is 70.4 Å². The van der Waals surface area contributed by atoms with E-state index in [9.17, 15) is 13.6 Å². The van der Waals surface area contributed by atoms with Gasteiger partial charge in [-0.3, -0.25) is 19.4 Å². The number of aromatic nitrogens is 2. The second-order valence-corrected chi connectivity index (χ2v) is 12.1. The maximum Gasteiger partial charge on any atom is 0.247 e. The molecule has 0 bridgehead atoms. The molecule has 2 aromatic carbocycles. The number of benzene rings is 2. The van der Waals surface area contributed by atoms with Gasteiger partial charge < -0.3 is 20.3 Å². The number of nitrogens with zero attached hydrogens (tertiary/aromatic N) is 6. The molecular formula is C35H42F2N8O3. The molecule has 0 spiro atoms. The minimum atomic E-state index is -0.915. The average molecular weight is 661 g/mol.